The van der Waals surface area contributed by atoms with E-state index in [1.807, 2.05) is 6.92 Å². The van der Waals surface area contributed by atoms with Crippen molar-refractivity contribution >= 4 is 5.91 Å². The molecular formula is C11H18F3NO. The van der Waals surface area contributed by atoms with Crippen LogP contribution in [0.2, 0.25) is 0 Å². The Labute approximate surface area is 93.6 Å². The molecule has 1 amide bonds. The molecule has 0 spiro atoms. The van der Waals surface area contributed by atoms with Gasteiger partial charge in [0.15, 0.2) is 0 Å². The van der Waals surface area contributed by atoms with E-state index in [4.69, 9.17) is 0 Å². The molecule has 0 aromatic heterocycles. The molecule has 5 heteroatoms. The molecule has 0 aromatic carbocycles. The standard InChI is InChI=1S/C11H18F3NO/c1-2-3-10(16)15-9-6-4-8(5-7-9)11(12,13)14/h8-9H,2-7H2,1H3,(H,15,16). The van der Waals surface area contributed by atoms with Crippen molar-refractivity contribution in [1.82, 2.24) is 5.32 Å². The van der Waals surface area contributed by atoms with E-state index in [1.54, 1.807) is 0 Å². The highest BCUT2D eigenvalue weighted by Gasteiger charge is 2.41. The predicted octanol–water partition coefficient (Wildman–Crippen LogP) is 3.02. The summed E-state index contributed by atoms with van der Waals surface area (Å²) in [5.74, 6) is -1.22. The van der Waals surface area contributed by atoms with Gasteiger partial charge in [-0.05, 0) is 32.1 Å². The highest BCUT2D eigenvalue weighted by atomic mass is 19.4. The Morgan fingerprint density at radius 3 is 2.25 bits per heavy atom. The lowest BCUT2D eigenvalue weighted by Gasteiger charge is -2.30. The normalized spacial score (nSPS) is 26.5. The Morgan fingerprint density at radius 2 is 1.81 bits per heavy atom. The Hall–Kier alpha value is -0.740. The predicted molar refractivity (Wildman–Crippen MR) is 54.9 cm³/mol. The zero-order valence-electron chi connectivity index (χ0n) is 9.44. The number of alkyl halides is 3. The van der Waals surface area contributed by atoms with Gasteiger partial charge in [-0.2, -0.15) is 13.2 Å². The Bertz CT molecular complexity index is 232. The van der Waals surface area contributed by atoms with Crippen molar-refractivity contribution in [2.24, 2.45) is 5.92 Å². The van der Waals surface area contributed by atoms with Crippen LogP contribution in [-0.2, 0) is 4.79 Å². The van der Waals surface area contributed by atoms with Crippen LogP contribution in [0.25, 0.3) is 0 Å². The summed E-state index contributed by atoms with van der Waals surface area (Å²) in [5.41, 5.74) is 0. The smallest absolute Gasteiger partial charge is 0.353 e. The molecular weight excluding hydrogens is 219 g/mol. The van der Waals surface area contributed by atoms with Gasteiger partial charge in [-0.25, -0.2) is 0 Å². The fourth-order valence-electron chi connectivity index (χ4n) is 2.09. The van der Waals surface area contributed by atoms with Crippen LogP contribution in [0.3, 0.4) is 0 Å². The summed E-state index contributed by atoms with van der Waals surface area (Å²) in [6, 6.07) is -0.0577. The number of halogens is 3. The average Bonchev–Trinajstić information content (AvgIpc) is 2.17. The van der Waals surface area contributed by atoms with Gasteiger partial charge >= 0.3 is 6.18 Å². The molecule has 1 rings (SSSR count). The van der Waals surface area contributed by atoms with Crippen LogP contribution in [0.5, 0.6) is 0 Å². The molecule has 0 unspecified atom stereocenters. The molecule has 0 atom stereocenters. The van der Waals surface area contributed by atoms with Gasteiger partial charge in [0.25, 0.3) is 0 Å². The van der Waals surface area contributed by atoms with E-state index in [2.05, 4.69) is 5.32 Å². The average molecular weight is 237 g/mol. The van der Waals surface area contributed by atoms with Crippen molar-refractivity contribution in [3.05, 3.63) is 0 Å². The number of hydrogen-bond acceptors (Lipinski definition) is 1. The van der Waals surface area contributed by atoms with Crippen LogP contribution >= 0.6 is 0 Å². The molecule has 94 valence electrons. The summed E-state index contributed by atoms with van der Waals surface area (Å²) in [6.45, 7) is 1.90. The van der Waals surface area contributed by atoms with Crippen LogP contribution in [0.15, 0.2) is 0 Å². The van der Waals surface area contributed by atoms with Crippen molar-refractivity contribution in [3.63, 3.8) is 0 Å². The number of rotatable bonds is 3. The number of carbonyl (C=O) groups is 1. The molecule has 1 fully saturated rings. The minimum absolute atomic E-state index is 0.0436. The van der Waals surface area contributed by atoms with Gasteiger partial charge in [0.2, 0.25) is 5.91 Å². The maximum Gasteiger partial charge on any atom is 0.391 e. The van der Waals surface area contributed by atoms with Crippen LogP contribution in [-0.4, -0.2) is 18.1 Å². The first-order chi connectivity index (χ1) is 7.43. The fraction of sp³-hybridized carbons (Fsp3) is 0.909. The van der Waals surface area contributed by atoms with E-state index in [1.165, 1.54) is 0 Å². The first-order valence-electron chi connectivity index (χ1n) is 5.79. The topological polar surface area (TPSA) is 29.1 Å². The zero-order chi connectivity index (χ0) is 12.2. The van der Waals surface area contributed by atoms with Crippen LogP contribution < -0.4 is 5.32 Å². The van der Waals surface area contributed by atoms with Crippen molar-refractivity contribution in [2.75, 3.05) is 0 Å². The van der Waals surface area contributed by atoms with Crippen LogP contribution in [0.4, 0.5) is 13.2 Å². The summed E-state index contributed by atoms with van der Waals surface area (Å²) in [5, 5.41) is 2.79. The Kier molecular flexibility index (Phi) is 4.62. The summed E-state index contributed by atoms with van der Waals surface area (Å²) in [4.78, 5) is 11.3. The first-order valence-corrected chi connectivity index (χ1v) is 5.79. The lowest BCUT2D eigenvalue weighted by Crippen LogP contribution is -2.39. The molecule has 16 heavy (non-hydrogen) atoms. The minimum Gasteiger partial charge on any atom is -0.353 e. The molecule has 1 aliphatic rings. The van der Waals surface area contributed by atoms with E-state index in [9.17, 15) is 18.0 Å². The quantitative estimate of drug-likeness (QED) is 0.803. The molecule has 0 bridgehead atoms. The molecule has 1 aliphatic carbocycles. The maximum absolute atomic E-state index is 12.4. The first kappa shape index (κ1) is 13.3. The molecule has 1 saturated carbocycles. The van der Waals surface area contributed by atoms with Gasteiger partial charge in [-0.3, -0.25) is 4.79 Å². The second-order valence-electron chi connectivity index (χ2n) is 4.41. The molecule has 0 radical (unpaired) electrons. The SMILES string of the molecule is CCCC(=O)NC1CCC(C(F)(F)F)CC1. The highest BCUT2D eigenvalue weighted by molar-refractivity contribution is 5.76. The van der Waals surface area contributed by atoms with E-state index in [0.29, 0.717) is 19.3 Å². The number of nitrogens with one attached hydrogen (secondary N) is 1. The lowest BCUT2D eigenvalue weighted by atomic mass is 9.85. The summed E-state index contributed by atoms with van der Waals surface area (Å²) >= 11 is 0. The molecule has 1 N–H and O–H groups in total. The molecule has 0 heterocycles. The third-order valence-electron chi connectivity index (χ3n) is 3.03. The summed E-state index contributed by atoms with van der Waals surface area (Å²) in [6.07, 6.45) is -1.68. The van der Waals surface area contributed by atoms with Gasteiger partial charge in [-0.1, -0.05) is 6.92 Å². The van der Waals surface area contributed by atoms with E-state index in [0.717, 1.165) is 6.42 Å². The van der Waals surface area contributed by atoms with Crippen LogP contribution in [0, 0.1) is 5.92 Å². The molecule has 0 aromatic rings. The van der Waals surface area contributed by atoms with Gasteiger partial charge < -0.3 is 5.32 Å². The van der Waals surface area contributed by atoms with Crippen LogP contribution in [0.1, 0.15) is 45.4 Å². The molecule has 0 saturated heterocycles. The zero-order valence-corrected chi connectivity index (χ0v) is 9.44. The largest absolute Gasteiger partial charge is 0.391 e. The fourth-order valence-corrected chi connectivity index (χ4v) is 2.09. The molecule has 2 nitrogen and oxygen atoms in total. The summed E-state index contributed by atoms with van der Waals surface area (Å²) in [7, 11) is 0. The highest BCUT2D eigenvalue weighted by Crippen LogP contribution is 2.37. The number of amides is 1. The van der Waals surface area contributed by atoms with E-state index in [-0.39, 0.29) is 24.8 Å². The van der Waals surface area contributed by atoms with Crippen molar-refractivity contribution in [1.29, 1.82) is 0 Å². The van der Waals surface area contributed by atoms with Gasteiger partial charge in [0.1, 0.15) is 0 Å². The van der Waals surface area contributed by atoms with E-state index >= 15 is 0 Å². The second kappa shape index (κ2) is 5.55. The second-order valence-corrected chi connectivity index (χ2v) is 4.41. The minimum atomic E-state index is -4.07. The number of carbonyl (C=O) groups excluding carboxylic acids is 1. The van der Waals surface area contributed by atoms with Crippen molar-refractivity contribution in [2.45, 2.75) is 57.7 Å². The third kappa shape index (κ3) is 4.02. The van der Waals surface area contributed by atoms with Gasteiger partial charge in [0.05, 0.1) is 5.92 Å². The lowest BCUT2D eigenvalue weighted by molar-refractivity contribution is -0.182. The molecule has 0 aliphatic heterocycles. The van der Waals surface area contributed by atoms with Crippen molar-refractivity contribution in [3.8, 4) is 0 Å². The maximum atomic E-state index is 12.4. The van der Waals surface area contributed by atoms with Crippen molar-refractivity contribution < 1.29 is 18.0 Å². The number of hydrogen-bond donors (Lipinski definition) is 1. The monoisotopic (exact) mass is 237 g/mol. The van der Waals surface area contributed by atoms with E-state index < -0.39 is 12.1 Å². The summed E-state index contributed by atoms with van der Waals surface area (Å²) < 4.78 is 37.1. The van der Waals surface area contributed by atoms with Gasteiger partial charge in [-0.15, -0.1) is 0 Å². The Morgan fingerprint density at radius 1 is 1.25 bits per heavy atom. The third-order valence-corrected chi connectivity index (χ3v) is 3.03. The van der Waals surface area contributed by atoms with Gasteiger partial charge in [0, 0.05) is 12.5 Å². The Balaban J connectivity index is 2.30.